The fourth-order valence-corrected chi connectivity index (χ4v) is 2.18. The van der Waals surface area contributed by atoms with Crippen LogP contribution in [0.2, 0.25) is 0 Å². The molecule has 0 aliphatic rings. The summed E-state index contributed by atoms with van der Waals surface area (Å²) in [5, 5.41) is 11.2. The molecule has 0 saturated heterocycles. The number of amides is 4. The third-order valence-electron chi connectivity index (χ3n) is 3.73. The van der Waals surface area contributed by atoms with Crippen molar-refractivity contribution in [3.63, 3.8) is 0 Å². The van der Waals surface area contributed by atoms with Crippen LogP contribution < -0.4 is 15.5 Å². The second kappa shape index (κ2) is 9.93. The maximum absolute atomic E-state index is 12.2. The van der Waals surface area contributed by atoms with Gasteiger partial charge in [-0.15, -0.1) is 0 Å². The van der Waals surface area contributed by atoms with E-state index in [-0.39, 0.29) is 13.1 Å². The van der Waals surface area contributed by atoms with Gasteiger partial charge in [0.2, 0.25) is 5.91 Å². The molecular weight excluding hydrogens is 364 g/mol. The number of hydrogen-bond donors (Lipinski definition) is 3. The first-order valence-corrected chi connectivity index (χ1v) is 8.41. The second-order valence-corrected chi connectivity index (χ2v) is 6.01. The molecule has 0 atom stereocenters. The molecule has 0 aromatic heterocycles. The van der Waals surface area contributed by atoms with E-state index in [2.05, 4.69) is 5.32 Å². The van der Waals surface area contributed by atoms with Gasteiger partial charge in [-0.2, -0.15) is 0 Å². The van der Waals surface area contributed by atoms with Crippen LogP contribution >= 0.6 is 0 Å². The smallest absolute Gasteiger partial charge is 0.322 e. The molecule has 2 aromatic rings. The molecule has 4 amide bonds. The number of urea groups is 1. The molecule has 0 unspecified atom stereocenters. The zero-order chi connectivity index (χ0) is 20.5. The van der Waals surface area contributed by atoms with Gasteiger partial charge in [0.05, 0.1) is 0 Å². The van der Waals surface area contributed by atoms with Crippen molar-refractivity contribution in [3.05, 3.63) is 54.6 Å². The van der Waals surface area contributed by atoms with Crippen molar-refractivity contribution < 1.29 is 24.3 Å². The standard InChI is InChI=1S/C19H22N4O5/c1-22(12-17(24)21-27)18(25)13-23(2)19(26)20-14-8-10-16(11-9-14)28-15-6-4-3-5-7-15/h3-11,27H,12-13H2,1-2H3,(H,20,26)(H,21,24). The summed E-state index contributed by atoms with van der Waals surface area (Å²) < 4.78 is 5.68. The van der Waals surface area contributed by atoms with Crippen molar-refractivity contribution in [3.8, 4) is 11.5 Å². The second-order valence-electron chi connectivity index (χ2n) is 6.01. The largest absolute Gasteiger partial charge is 0.457 e. The zero-order valence-electron chi connectivity index (χ0n) is 15.6. The number of ether oxygens (including phenoxy) is 1. The summed E-state index contributed by atoms with van der Waals surface area (Å²) in [7, 11) is 2.86. The molecule has 2 aromatic carbocycles. The Morgan fingerprint density at radius 2 is 1.50 bits per heavy atom. The minimum absolute atomic E-state index is 0.226. The molecule has 3 N–H and O–H groups in total. The van der Waals surface area contributed by atoms with Crippen LogP contribution in [0, 0.1) is 0 Å². The first-order valence-electron chi connectivity index (χ1n) is 8.41. The molecule has 0 aliphatic carbocycles. The Morgan fingerprint density at radius 3 is 2.11 bits per heavy atom. The van der Waals surface area contributed by atoms with Gasteiger partial charge in [0.1, 0.15) is 24.6 Å². The average Bonchev–Trinajstić information content (AvgIpc) is 2.69. The molecule has 2 rings (SSSR count). The van der Waals surface area contributed by atoms with E-state index in [9.17, 15) is 14.4 Å². The van der Waals surface area contributed by atoms with Crippen LogP contribution in [0.4, 0.5) is 10.5 Å². The number of hydrogen-bond acceptors (Lipinski definition) is 5. The summed E-state index contributed by atoms with van der Waals surface area (Å²) in [6.07, 6.45) is 0. The van der Waals surface area contributed by atoms with E-state index in [1.165, 1.54) is 24.5 Å². The Labute approximate surface area is 162 Å². The number of carbonyl (C=O) groups excluding carboxylic acids is 3. The van der Waals surface area contributed by atoms with Crippen LogP contribution in [0.1, 0.15) is 0 Å². The van der Waals surface area contributed by atoms with E-state index in [4.69, 9.17) is 9.94 Å². The molecule has 0 bridgehead atoms. The molecule has 148 valence electrons. The Hall–Kier alpha value is -3.59. The number of likely N-dealkylation sites (N-methyl/N-ethyl adjacent to an activating group) is 2. The minimum Gasteiger partial charge on any atom is -0.457 e. The number of rotatable bonds is 7. The predicted octanol–water partition coefficient (Wildman–Crippen LogP) is 1.91. The van der Waals surface area contributed by atoms with E-state index in [1.807, 2.05) is 30.3 Å². The summed E-state index contributed by atoms with van der Waals surface area (Å²) >= 11 is 0. The molecule has 0 radical (unpaired) electrons. The number of benzene rings is 2. The lowest BCUT2D eigenvalue weighted by molar-refractivity contribution is -0.138. The molecule has 28 heavy (non-hydrogen) atoms. The van der Waals surface area contributed by atoms with Crippen LogP contribution in [-0.4, -0.2) is 60.0 Å². The Morgan fingerprint density at radius 1 is 0.893 bits per heavy atom. The van der Waals surface area contributed by atoms with Gasteiger partial charge in [-0.05, 0) is 36.4 Å². The lowest BCUT2D eigenvalue weighted by Gasteiger charge is -2.21. The molecule has 9 nitrogen and oxygen atoms in total. The van der Waals surface area contributed by atoms with E-state index >= 15 is 0 Å². The number of para-hydroxylation sites is 1. The quantitative estimate of drug-likeness (QED) is 0.497. The number of nitrogens with zero attached hydrogens (tertiary/aromatic N) is 2. The van der Waals surface area contributed by atoms with Crippen LogP contribution in [0.3, 0.4) is 0 Å². The van der Waals surface area contributed by atoms with Gasteiger partial charge < -0.3 is 19.9 Å². The van der Waals surface area contributed by atoms with Gasteiger partial charge in [-0.3, -0.25) is 14.8 Å². The zero-order valence-corrected chi connectivity index (χ0v) is 15.6. The van der Waals surface area contributed by atoms with Crippen LogP contribution in [0.25, 0.3) is 0 Å². The SMILES string of the molecule is CN(CC(=O)NO)C(=O)CN(C)C(=O)Nc1ccc(Oc2ccccc2)cc1. The molecule has 0 saturated carbocycles. The summed E-state index contributed by atoms with van der Waals surface area (Å²) in [4.78, 5) is 37.6. The Kier molecular flexibility index (Phi) is 7.35. The third-order valence-corrected chi connectivity index (χ3v) is 3.73. The summed E-state index contributed by atoms with van der Waals surface area (Å²) in [6, 6.07) is 15.6. The van der Waals surface area contributed by atoms with Crippen molar-refractivity contribution in [1.82, 2.24) is 15.3 Å². The maximum Gasteiger partial charge on any atom is 0.322 e. The molecule has 9 heteroatoms. The Balaban J connectivity index is 1.86. The summed E-state index contributed by atoms with van der Waals surface area (Å²) in [5.41, 5.74) is 1.98. The highest BCUT2D eigenvalue weighted by molar-refractivity contribution is 5.93. The number of nitrogens with one attached hydrogen (secondary N) is 2. The van der Waals surface area contributed by atoms with E-state index in [0.29, 0.717) is 17.2 Å². The lowest BCUT2D eigenvalue weighted by Crippen LogP contribution is -2.44. The Bertz CT molecular complexity index is 811. The highest BCUT2D eigenvalue weighted by Crippen LogP contribution is 2.22. The third kappa shape index (κ3) is 6.29. The van der Waals surface area contributed by atoms with E-state index in [0.717, 1.165) is 4.90 Å². The van der Waals surface area contributed by atoms with Crippen molar-refractivity contribution in [2.75, 3.05) is 32.5 Å². The topological polar surface area (TPSA) is 111 Å². The van der Waals surface area contributed by atoms with Crippen LogP contribution in [0.5, 0.6) is 11.5 Å². The number of hydroxylamine groups is 1. The highest BCUT2D eigenvalue weighted by atomic mass is 16.5. The summed E-state index contributed by atoms with van der Waals surface area (Å²) in [6.45, 7) is -0.538. The molecule has 0 fully saturated rings. The van der Waals surface area contributed by atoms with Gasteiger partial charge in [-0.25, -0.2) is 10.3 Å². The molecular formula is C19H22N4O5. The van der Waals surface area contributed by atoms with Crippen LogP contribution in [-0.2, 0) is 9.59 Å². The lowest BCUT2D eigenvalue weighted by atomic mass is 10.3. The normalized spacial score (nSPS) is 9.96. The highest BCUT2D eigenvalue weighted by Gasteiger charge is 2.17. The van der Waals surface area contributed by atoms with Gasteiger partial charge >= 0.3 is 6.03 Å². The van der Waals surface area contributed by atoms with Crippen LogP contribution in [0.15, 0.2) is 54.6 Å². The van der Waals surface area contributed by atoms with Gasteiger partial charge in [0.15, 0.2) is 0 Å². The van der Waals surface area contributed by atoms with E-state index in [1.54, 1.807) is 24.3 Å². The fourth-order valence-electron chi connectivity index (χ4n) is 2.18. The fraction of sp³-hybridized carbons (Fsp3) is 0.211. The monoisotopic (exact) mass is 386 g/mol. The van der Waals surface area contributed by atoms with Gasteiger partial charge in [0, 0.05) is 19.8 Å². The molecule has 0 heterocycles. The first-order chi connectivity index (χ1) is 13.4. The first kappa shape index (κ1) is 20.7. The number of anilines is 1. The maximum atomic E-state index is 12.2. The summed E-state index contributed by atoms with van der Waals surface area (Å²) in [5.74, 6) is 0.154. The van der Waals surface area contributed by atoms with Gasteiger partial charge in [0.25, 0.3) is 5.91 Å². The minimum atomic E-state index is -0.722. The van der Waals surface area contributed by atoms with Crippen molar-refractivity contribution >= 4 is 23.5 Å². The van der Waals surface area contributed by atoms with Gasteiger partial charge in [-0.1, -0.05) is 18.2 Å². The van der Waals surface area contributed by atoms with Crippen molar-refractivity contribution in [2.24, 2.45) is 0 Å². The average molecular weight is 386 g/mol. The number of carbonyl (C=O) groups is 3. The molecule has 0 spiro atoms. The van der Waals surface area contributed by atoms with E-state index < -0.39 is 17.8 Å². The van der Waals surface area contributed by atoms with Crippen molar-refractivity contribution in [1.29, 1.82) is 0 Å². The molecule has 0 aliphatic heterocycles. The van der Waals surface area contributed by atoms with Crippen molar-refractivity contribution in [2.45, 2.75) is 0 Å². The predicted molar refractivity (Wildman–Crippen MR) is 102 cm³/mol.